The summed E-state index contributed by atoms with van der Waals surface area (Å²) >= 11 is 0. The zero-order valence-electron chi connectivity index (χ0n) is 16.8. The van der Waals surface area contributed by atoms with Crippen molar-refractivity contribution in [3.63, 3.8) is 0 Å². The van der Waals surface area contributed by atoms with Crippen molar-refractivity contribution in [2.75, 3.05) is 0 Å². The van der Waals surface area contributed by atoms with Gasteiger partial charge in [0.25, 0.3) is 0 Å². The lowest BCUT2D eigenvalue weighted by Crippen LogP contribution is -2.03. The quantitative estimate of drug-likeness (QED) is 0.155. The van der Waals surface area contributed by atoms with Crippen molar-refractivity contribution < 1.29 is 19.4 Å². The molecule has 0 amide bonds. The van der Waals surface area contributed by atoms with Gasteiger partial charge in [0.1, 0.15) is 0 Å². The molecule has 0 aromatic heterocycles. The maximum Gasteiger partial charge on any atom is 0.311 e. The molecule has 0 aliphatic heterocycles. The Morgan fingerprint density at radius 2 is 1.19 bits per heavy atom. The van der Waals surface area contributed by atoms with E-state index in [4.69, 9.17) is 9.84 Å². The van der Waals surface area contributed by atoms with Crippen LogP contribution in [0.2, 0.25) is 0 Å². The zero-order chi connectivity index (χ0) is 19.3. The maximum absolute atomic E-state index is 11.2. The standard InChI is InChI=1S/C22H40O4/c1-2-3-4-5-6-7-8-9-10-11-12-13-14-15-16-17-20-26-22(25)19-18-21(23)24/h17,20H,2-16,18-19H2,1H3,(H,23,24)/b20-17+. The van der Waals surface area contributed by atoms with E-state index in [1.807, 2.05) is 6.08 Å². The van der Waals surface area contributed by atoms with E-state index in [9.17, 15) is 9.59 Å². The molecule has 0 atom stereocenters. The van der Waals surface area contributed by atoms with Crippen molar-refractivity contribution in [1.29, 1.82) is 0 Å². The van der Waals surface area contributed by atoms with Crippen LogP contribution < -0.4 is 0 Å². The van der Waals surface area contributed by atoms with Crippen molar-refractivity contribution in [3.05, 3.63) is 12.3 Å². The summed E-state index contributed by atoms with van der Waals surface area (Å²) in [7, 11) is 0. The van der Waals surface area contributed by atoms with Crippen LogP contribution in [0.4, 0.5) is 0 Å². The zero-order valence-corrected chi connectivity index (χ0v) is 16.8. The number of carboxylic acids is 1. The molecule has 0 radical (unpaired) electrons. The highest BCUT2D eigenvalue weighted by molar-refractivity contribution is 5.76. The molecule has 0 aromatic carbocycles. The molecule has 4 nitrogen and oxygen atoms in total. The number of esters is 1. The van der Waals surface area contributed by atoms with Crippen molar-refractivity contribution in [2.45, 2.75) is 116 Å². The first-order valence-electron chi connectivity index (χ1n) is 10.7. The molecule has 0 heterocycles. The highest BCUT2D eigenvalue weighted by Gasteiger charge is 2.04. The first-order chi connectivity index (χ1) is 12.7. The minimum absolute atomic E-state index is 0.0709. The van der Waals surface area contributed by atoms with Crippen LogP contribution >= 0.6 is 0 Å². The van der Waals surface area contributed by atoms with Crippen LogP contribution in [0.1, 0.15) is 116 Å². The van der Waals surface area contributed by atoms with Gasteiger partial charge in [-0.05, 0) is 18.9 Å². The monoisotopic (exact) mass is 368 g/mol. The van der Waals surface area contributed by atoms with E-state index in [-0.39, 0.29) is 12.8 Å². The fourth-order valence-corrected chi connectivity index (χ4v) is 2.92. The number of ether oxygens (including phenoxy) is 1. The summed E-state index contributed by atoms with van der Waals surface area (Å²) in [5, 5.41) is 8.46. The van der Waals surface area contributed by atoms with Crippen molar-refractivity contribution in [2.24, 2.45) is 0 Å². The molecule has 0 aliphatic rings. The molecule has 0 aliphatic carbocycles. The van der Waals surface area contributed by atoms with Crippen LogP contribution in [0.25, 0.3) is 0 Å². The van der Waals surface area contributed by atoms with E-state index < -0.39 is 11.9 Å². The van der Waals surface area contributed by atoms with Crippen LogP contribution in [-0.2, 0) is 14.3 Å². The van der Waals surface area contributed by atoms with Gasteiger partial charge in [0.2, 0.25) is 0 Å². The fraction of sp³-hybridized carbons (Fsp3) is 0.818. The first kappa shape index (κ1) is 24.7. The SMILES string of the molecule is CCCCCCCCCCCCCCCC/C=C/OC(=O)CCC(=O)O. The summed E-state index contributed by atoms with van der Waals surface area (Å²) in [6, 6.07) is 0. The lowest BCUT2D eigenvalue weighted by atomic mass is 10.0. The molecule has 0 saturated carbocycles. The highest BCUT2D eigenvalue weighted by Crippen LogP contribution is 2.13. The molecule has 26 heavy (non-hydrogen) atoms. The molecule has 0 spiro atoms. The van der Waals surface area contributed by atoms with Gasteiger partial charge in [-0.1, -0.05) is 90.4 Å². The number of aliphatic carboxylic acids is 1. The molecule has 0 aromatic rings. The van der Waals surface area contributed by atoms with Gasteiger partial charge in [-0.3, -0.25) is 9.59 Å². The Labute approximate surface area is 160 Å². The summed E-state index contributed by atoms with van der Waals surface area (Å²) < 4.78 is 4.83. The average molecular weight is 369 g/mol. The molecule has 0 fully saturated rings. The third-order valence-corrected chi connectivity index (χ3v) is 4.56. The molecular formula is C22H40O4. The molecule has 4 heteroatoms. The van der Waals surface area contributed by atoms with Gasteiger partial charge >= 0.3 is 11.9 Å². The Kier molecular flexibility index (Phi) is 19.0. The summed E-state index contributed by atoms with van der Waals surface area (Å²) in [6.45, 7) is 2.26. The molecule has 0 saturated heterocycles. The second kappa shape index (κ2) is 20.0. The van der Waals surface area contributed by atoms with E-state index in [0.29, 0.717) is 0 Å². The molecule has 0 rings (SSSR count). The fourth-order valence-electron chi connectivity index (χ4n) is 2.92. The van der Waals surface area contributed by atoms with E-state index in [0.717, 1.165) is 12.8 Å². The number of hydrogen-bond acceptors (Lipinski definition) is 3. The van der Waals surface area contributed by atoms with Crippen molar-refractivity contribution in [1.82, 2.24) is 0 Å². The summed E-state index contributed by atoms with van der Waals surface area (Å²) in [4.78, 5) is 21.5. The predicted molar refractivity (Wildman–Crippen MR) is 107 cm³/mol. The van der Waals surface area contributed by atoms with Gasteiger partial charge in [-0.2, -0.15) is 0 Å². The topological polar surface area (TPSA) is 63.6 Å². The Balaban J connectivity index is 3.18. The van der Waals surface area contributed by atoms with Gasteiger partial charge < -0.3 is 9.84 Å². The lowest BCUT2D eigenvalue weighted by Gasteiger charge is -2.02. The third-order valence-electron chi connectivity index (χ3n) is 4.56. The smallest absolute Gasteiger partial charge is 0.311 e. The summed E-state index contributed by atoms with van der Waals surface area (Å²) in [5.74, 6) is -1.46. The predicted octanol–water partition coefficient (Wildman–Crippen LogP) is 6.78. The van der Waals surface area contributed by atoms with Crippen molar-refractivity contribution >= 4 is 11.9 Å². The van der Waals surface area contributed by atoms with Gasteiger partial charge in [-0.15, -0.1) is 0 Å². The number of carboxylic acid groups (broad SMARTS) is 1. The average Bonchev–Trinajstić information content (AvgIpc) is 2.62. The number of carbonyl (C=O) groups is 2. The highest BCUT2D eigenvalue weighted by atomic mass is 16.5. The number of rotatable bonds is 19. The van der Waals surface area contributed by atoms with Gasteiger partial charge in [-0.25, -0.2) is 0 Å². The van der Waals surface area contributed by atoms with Crippen LogP contribution in [0, 0.1) is 0 Å². The van der Waals surface area contributed by atoms with Crippen LogP contribution in [-0.4, -0.2) is 17.0 Å². The number of carbonyl (C=O) groups excluding carboxylic acids is 1. The third kappa shape index (κ3) is 20.7. The Bertz CT molecular complexity index is 363. The first-order valence-corrected chi connectivity index (χ1v) is 10.7. The van der Waals surface area contributed by atoms with Gasteiger partial charge in [0.15, 0.2) is 0 Å². The van der Waals surface area contributed by atoms with Crippen LogP contribution in [0.15, 0.2) is 12.3 Å². The summed E-state index contributed by atoms with van der Waals surface area (Å²) in [6.07, 6.45) is 22.8. The Morgan fingerprint density at radius 1 is 0.731 bits per heavy atom. The largest absolute Gasteiger partial charge is 0.481 e. The van der Waals surface area contributed by atoms with E-state index in [1.165, 1.54) is 89.7 Å². The normalized spacial score (nSPS) is 11.1. The van der Waals surface area contributed by atoms with E-state index >= 15 is 0 Å². The maximum atomic E-state index is 11.2. The second-order valence-electron chi connectivity index (χ2n) is 7.14. The van der Waals surface area contributed by atoms with E-state index in [2.05, 4.69) is 6.92 Å². The van der Waals surface area contributed by atoms with Crippen molar-refractivity contribution in [3.8, 4) is 0 Å². The Morgan fingerprint density at radius 3 is 1.65 bits per heavy atom. The molecule has 1 N–H and O–H groups in total. The number of unbranched alkanes of at least 4 members (excludes halogenated alkanes) is 14. The minimum Gasteiger partial charge on any atom is -0.481 e. The number of hydrogen-bond donors (Lipinski definition) is 1. The minimum atomic E-state index is -0.978. The molecule has 0 bridgehead atoms. The molecular weight excluding hydrogens is 328 g/mol. The summed E-state index contributed by atoms with van der Waals surface area (Å²) in [5.41, 5.74) is 0. The van der Waals surface area contributed by atoms with Crippen LogP contribution in [0.5, 0.6) is 0 Å². The second-order valence-corrected chi connectivity index (χ2v) is 7.14. The van der Waals surface area contributed by atoms with E-state index in [1.54, 1.807) is 0 Å². The Hall–Kier alpha value is -1.32. The molecule has 152 valence electrons. The van der Waals surface area contributed by atoms with Crippen LogP contribution in [0.3, 0.4) is 0 Å². The van der Waals surface area contributed by atoms with Gasteiger partial charge in [0, 0.05) is 0 Å². The number of allylic oxidation sites excluding steroid dienone is 1. The molecule has 0 unspecified atom stereocenters. The lowest BCUT2D eigenvalue weighted by molar-refractivity contribution is -0.144. The van der Waals surface area contributed by atoms with Gasteiger partial charge in [0.05, 0.1) is 19.1 Å².